The summed E-state index contributed by atoms with van der Waals surface area (Å²) >= 11 is 1.56. The van der Waals surface area contributed by atoms with Crippen LogP contribution in [0.4, 0.5) is 0 Å². The molecule has 0 fully saturated rings. The molecule has 110 valence electrons. The molecular formula is C17H15N3OS. The third-order valence-electron chi connectivity index (χ3n) is 3.29. The molecule has 0 N–H and O–H groups in total. The Morgan fingerprint density at radius 1 is 1.09 bits per heavy atom. The van der Waals surface area contributed by atoms with E-state index in [4.69, 9.17) is 0 Å². The maximum atomic E-state index is 11.0. The van der Waals surface area contributed by atoms with Crippen LogP contribution < -0.4 is 0 Å². The van der Waals surface area contributed by atoms with E-state index in [0.717, 1.165) is 27.3 Å². The Morgan fingerprint density at radius 2 is 1.82 bits per heavy atom. The Kier molecular flexibility index (Phi) is 4.44. The lowest BCUT2D eigenvalue weighted by Crippen LogP contribution is -2.03. The highest BCUT2D eigenvalue weighted by molar-refractivity contribution is 8.00. The Balaban J connectivity index is 1.87. The number of carbonyl (C=O) groups is 1. The molecule has 0 amide bonds. The van der Waals surface area contributed by atoms with Gasteiger partial charge in [0.15, 0.2) is 0 Å². The van der Waals surface area contributed by atoms with E-state index in [2.05, 4.69) is 33.6 Å². The van der Waals surface area contributed by atoms with Gasteiger partial charge in [-0.25, -0.2) is 0 Å². The first kappa shape index (κ1) is 14.7. The number of hydrogen-bond acceptors (Lipinski definition) is 5. The molecule has 3 rings (SSSR count). The number of Topliss-reactive ketones (excluding diaryl/α,β-unsaturated/α-hetero) is 1. The molecule has 0 saturated carbocycles. The molecule has 2 aromatic rings. The average Bonchev–Trinajstić information content (AvgIpc) is 3.08. The van der Waals surface area contributed by atoms with Gasteiger partial charge in [0.2, 0.25) is 0 Å². The van der Waals surface area contributed by atoms with Crippen LogP contribution in [0.5, 0.6) is 0 Å². The summed E-state index contributed by atoms with van der Waals surface area (Å²) in [5, 5.41) is 11.7. The summed E-state index contributed by atoms with van der Waals surface area (Å²) in [6.45, 7) is 2.14. The molecule has 1 aliphatic heterocycles. The van der Waals surface area contributed by atoms with Crippen molar-refractivity contribution in [2.24, 2.45) is 15.4 Å². The summed E-state index contributed by atoms with van der Waals surface area (Å²) in [5.41, 5.74) is 4.20. The Labute approximate surface area is 133 Å². The van der Waals surface area contributed by atoms with Crippen LogP contribution in [0.1, 0.15) is 12.5 Å². The molecule has 0 saturated heterocycles. The number of ketones is 1. The van der Waals surface area contributed by atoms with Crippen molar-refractivity contribution in [1.29, 1.82) is 0 Å². The zero-order chi connectivity index (χ0) is 15.4. The van der Waals surface area contributed by atoms with Crippen molar-refractivity contribution < 1.29 is 4.79 Å². The lowest BCUT2D eigenvalue weighted by Gasteiger charge is -2.09. The normalized spacial score (nSPS) is 13.2. The van der Waals surface area contributed by atoms with E-state index in [0.29, 0.717) is 12.3 Å². The first-order valence-corrected chi connectivity index (χ1v) is 7.98. The molecule has 5 heteroatoms. The third-order valence-corrected chi connectivity index (χ3v) is 4.45. The monoisotopic (exact) mass is 309 g/mol. The van der Waals surface area contributed by atoms with Gasteiger partial charge in [0.05, 0.1) is 11.5 Å². The highest BCUT2D eigenvalue weighted by Crippen LogP contribution is 2.28. The standard InChI is InChI=1S/C17H15N3OS/c1-12(21)11-22-14-8-6-13(7-9-14)15-4-2-3-5-16(15)17-10-18-20-19-17/h2-9H,10-11H2,1H3. The van der Waals surface area contributed by atoms with Crippen molar-refractivity contribution in [2.45, 2.75) is 11.8 Å². The summed E-state index contributed by atoms with van der Waals surface area (Å²) in [6, 6.07) is 16.4. The van der Waals surface area contributed by atoms with Gasteiger partial charge in [-0.05, 0) is 35.4 Å². The van der Waals surface area contributed by atoms with Crippen LogP contribution >= 0.6 is 11.8 Å². The van der Waals surface area contributed by atoms with Gasteiger partial charge in [-0.3, -0.25) is 4.79 Å². The van der Waals surface area contributed by atoms with E-state index in [1.165, 1.54) is 0 Å². The summed E-state index contributed by atoms with van der Waals surface area (Å²) in [5.74, 6) is 0.696. The molecule has 0 aliphatic carbocycles. The molecule has 22 heavy (non-hydrogen) atoms. The van der Waals surface area contributed by atoms with Crippen molar-refractivity contribution in [2.75, 3.05) is 12.3 Å². The Morgan fingerprint density at radius 3 is 2.45 bits per heavy atom. The number of nitrogens with zero attached hydrogens (tertiary/aromatic N) is 3. The molecule has 0 atom stereocenters. The molecule has 1 aliphatic rings. The fourth-order valence-corrected chi connectivity index (χ4v) is 2.96. The van der Waals surface area contributed by atoms with Gasteiger partial charge in [0.25, 0.3) is 0 Å². The lowest BCUT2D eigenvalue weighted by molar-refractivity contribution is -0.114. The Hall–Kier alpha value is -2.27. The van der Waals surface area contributed by atoms with Crippen LogP contribution in [0, 0.1) is 0 Å². The van der Waals surface area contributed by atoms with Gasteiger partial charge >= 0.3 is 0 Å². The van der Waals surface area contributed by atoms with Gasteiger partial charge in [0.1, 0.15) is 12.3 Å². The number of hydrogen-bond donors (Lipinski definition) is 0. The second-order valence-corrected chi connectivity index (χ2v) is 6.05. The molecule has 1 heterocycles. The van der Waals surface area contributed by atoms with E-state index in [1.807, 2.05) is 30.3 Å². The molecule has 0 unspecified atom stereocenters. The van der Waals surface area contributed by atoms with Crippen LogP contribution in [-0.4, -0.2) is 23.8 Å². The maximum absolute atomic E-state index is 11.0. The second-order valence-electron chi connectivity index (χ2n) is 5.00. The first-order valence-electron chi connectivity index (χ1n) is 6.99. The van der Waals surface area contributed by atoms with Crippen molar-refractivity contribution in [1.82, 2.24) is 0 Å². The predicted octanol–water partition coefficient (Wildman–Crippen LogP) is 4.20. The topological polar surface area (TPSA) is 54.1 Å². The fourth-order valence-electron chi connectivity index (χ4n) is 2.26. The lowest BCUT2D eigenvalue weighted by atomic mass is 9.97. The van der Waals surface area contributed by atoms with Crippen LogP contribution in [0.25, 0.3) is 11.1 Å². The first-order chi connectivity index (χ1) is 10.7. The molecule has 0 radical (unpaired) electrons. The SMILES string of the molecule is CC(=O)CSc1ccc(-c2ccccc2C2=NN=NC2)cc1. The third kappa shape index (κ3) is 3.31. The number of rotatable bonds is 5. The number of benzene rings is 2. The largest absolute Gasteiger partial charge is 0.299 e. The van der Waals surface area contributed by atoms with Gasteiger partial charge in [-0.1, -0.05) is 36.4 Å². The fraction of sp³-hybridized carbons (Fsp3) is 0.176. The van der Waals surface area contributed by atoms with Crippen LogP contribution in [0.15, 0.2) is 68.9 Å². The summed E-state index contributed by atoms with van der Waals surface area (Å²) in [7, 11) is 0. The minimum absolute atomic E-state index is 0.186. The highest BCUT2D eigenvalue weighted by atomic mass is 32.2. The van der Waals surface area contributed by atoms with E-state index < -0.39 is 0 Å². The van der Waals surface area contributed by atoms with Crippen LogP contribution in [0.2, 0.25) is 0 Å². The molecule has 2 aromatic carbocycles. The molecular weight excluding hydrogens is 294 g/mol. The molecule has 0 spiro atoms. The quantitative estimate of drug-likeness (QED) is 0.777. The summed E-state index contributed by atoms with van der Waals surface area (Å²) < 4.78 is 0. The minimum Gasteiger partial charge on any atom is -0.299 e. The van der Waals surface area contributed by atoms with Gasteiger partial charge in [-0.2, -0.15) is 5.11 Å². The van der Waals surface area contributed by atoms with E-state index in [1.54, 1.807) is 18.7 Å². The second kappa shape index (κ2) is 6.66. The van der Waals surface area contributed by atoms with Crippen molar-refractivity contribution >= 4 is 23.3 Å². The van der Waals surface area contributed by atoms with E-state index in [9.17, 15) is 4.79 Å². The number of thioether (sulfide) groups is 1. The van der Waals surface area contributed by atoms with Crippen molar-refractivity contribution in [3.8, 4) is 11.1 Å². The number of carbonyl (C=O) groups excluding carboxylic acids is 1. The van der Waals surface area contributed by atoms with E-state index >= 15 is 0 Å². The minimum atomic E-state index is 0.186. The predicted molar refractivity (Wildman–Crippen MR) is 89.5 cm³/mol. The van der Waals surface area contributed by atoms with Gasteiger partial charge in [0, 0.05) is 10.5 Å². The van der Waals surface area contributed by atoms with Gasteiger partial charge < -0.3 is 0 Å². The zero-order valence-electron chi connectivity index (χ0n) is 12.2. The molecule has 0 bridgehead atoms. The average molecular weight is 309 g/mol. The summed E-state index contributed by atoms with van der Waals surface area (Å²) in [6.07, 6.45) is 0. The van der Waals surface area contributed by atoms with Crippen LogP contribution in [0.3, 0.4) is 0 Å². The summed E-state index contributed by atoms with van der Waals surface area (Å²) in [4.78, 5) is 12.1. The zero-order valence-corrected chi connectivity index (χ0v) is 13.0. The Bertz CT molecular complexity index is 751. The molecule has 0 aromatic heterocycles. The van der Waals surface area contributed by atoms with Crippen molar-refractivity contribution in [3.63, 3.8) is 0 Å². The van der Waals surface area contributed by atoms with E-state index in [-0.39, 0.29) is 5.78 Å². The van der Waals surface area contributed by atoms with Crippen LogP contribution in [-0.2, 0) is 4.79 Å². The van der Waals surface area contributed by atoms with Gasteiger partial charge in [-0.15, -0.1) is 16.9 Å². The van der Waals surface area contributed by atoms with Crippen molar-refractivity contribution in [3.05, 3.63) is 54.1 Å². The highest BCUT2D eigenvalue weighted by Gasteiger charge is 2.13. The smallest absolute Gasteiger partial charge is 0.140 e. The maximum Gasteiger partial charge on any atom is 0.140 e. The molecule has 4 nitrogen and oxygen atoms in total.